The lowest BCUT2D eigenvalue weighted by Gasteiger charge is -2.26. The second-order valence-corrected chi connectivity index (χ2v) is 7.58. The van der Waals surface area contributed by atoms with E-state index in [1.165, 1.54) is 0 Å². The summed E-state index contributed by atoms with van der Waals surface area (Å²) in [5.74, 6) is 1.85. The van der Waals surface area contributed by atoms with Crippen LogP contribution in [0.25, 0.3) is 0 Å². The van der Waals surface area contributed by atoms with Gasteiger partial charge in [-0.05, 0) is 45.2 Å². The van der Waals surface area contributed by atoms with E-state index in [1.807, 2.05) is 10.8 Å². The van der Waals surface area contributed by atoms with Crippen molar-refractivity contribution in [3.05, 3.63) is 40.8 Å². The first-order valence-electron chi connectivity index (χ1n) is 9.71. The average molecular weight is 369 g/mol. The molecule has 2 aliphatic rings. The molecule has 0 amide bonds. The molecular weight excluding hydrogens is 342 g/mol. The Kier molecular flexibility index (Phi) is 5.07. The van der Waals surface area contributed by atoms with Crippen LogP contribution in [0.3, 0.4) is 0 Å². The Bertz CT molecular complexity index is 848. The summed E-state index contributed by atoms with van der Waals surface area (Å²) in [5.41, 5.74) is 5.81. The summed E-state index contributed by atoms with van der Waals surface area (Å²) in [6.45, 7) is 2.38. The number of nitrogens with two attached hydrogens (primary N) is 1. The number of hydrogen-bond donors (Lipinski definition) is 1. The lowest BCUT2D eigenvalue weighted by molar-refractivity contribution is 0.212. The summed E-state index contributed by atoms with van der Waals surface area (Å²) in [4.78, 5) is 30.2. The molecule has 27 heavy (non-hydrogen) atoms. The predicted molar refractivity (Wildman–Crippen MR) is 105 cm³/mol. The Labute approximate surface area is 159 Å². The summed E-state index contributed by atoms with van der Waals surface area (Å²) in [7, 11) is 2.10. The predicted octanol–water partition coefficient (Wildman–Crippen LogP) is 1.44. The Morgan fingerprint density at radius 2 is 2.04 bits per heavy atom. The summed E-state index contributed by atoms with van der Waals surface area (Å²) in [6, 6.07) is 2.51. The molecule has 0 aromatic carbocycles. The maximum Gasteiger partial charge on any atom is 0.293 e. The molecule has 1 atom stereocenters. The monoisotopic (exact) mass is 369 g/mol. The molecule has 0 radical (unpaired) electrons. The van der Waals surface area contributed by atoms with Gasteiger partial charge in [-0.15, -0.1) is 0 Å². The molecular formula is C19H27N7O. The van der Waals surface area contributed by atoms with Crippen LogP contribution in [0.1, 0.15) is 44.0 Å². The van der Waals surface area contributed by atoms with E-state index in [-0.39, 0.29) is 5.56 Å². The molecule has 0 unspecified atom stereocenters. The van der Waals surface area contributed by atoms with Crippen molar-refractivity contribution in [2.45, 2.75) is 50.7 Å². The van der Waals surface area contributed by atoms with Gasteiger partial charge < -0.3 is 15.2 Å². The van der Waals surface area contributed by atoms with Gasteiger partial charge in [-0.1, -0.05) is 0 Å². The lowest BCUT2D eigenvalue weighted by Crippen LogP contribution is -2.36. The SMILES string of the molecule is CN(Cc1nccc(N)n1)[C@H]1CCCN(c2nccn(C3CC3)c2=O)CC1. The van der Waals surface area contributed by atoms with Crippen LogP contribution in [0.4, 0.5) is 11.6 Å². The first kappa shape index (κ1) is 17.9. The third kappa shape index (κ3) is 4.10. The number of rotatable bonds is 5. The van der Waals surface area contributed by atoms with Crippen molar-refractivity contribution >= 4 is 11.6 Å². The Morgan fingerprint density at radius 3 is 2.81 bits per heavy atom. The second-order valence-electron chi connectivity index (χ2n) is 7.58. The van der Waals surface area contributed by atoms with E-state index < -0.39 is 0 Å². The van der Waals surface area contributed by atoms with Crippen LogP contribution in [0, 0.1) is 0 Å². The summed E-state index contributed by atoms with van der Waals surface area (Å²) in [5, 5.41) is 0. The van der Waals surface area contributed by atoms with E-state index in [1.54, 1.807) is 18.5 Å². The van der Waals surface area contributed by atoms with Crippen LogP contribution < -0.4 is 16.2 Å². The summed E-state index contributed by atoms with van der Waals surface area (Å²) < 4.78 is 1.86. The van der Waals surface area contributed by atoms with Crippen molar-refractivity contribution in [2.24, 2.45) is 0 Å². The summed E-state index contributed by atoms with van der Waals surface area (Å²) in [6.07, 6.45) is 10.6. The zero-order chi connectivity index (χ0) is 18.8. The van der Waals surface area contributed by atoms with E-state index in [0.29, 0.717) is 30.3 Å². The fraction of sp³-hybridized carbons (Fsp3) is 0.579. The molecule has 2 N–H and O–H groups in total. The van der Waals surface area contributed by atoms with Gasteiger partial charge in [0.15, 0.2) is 5.82 Å². The third-order valence-corrected chi connectivity index (χ3v) is 5.53. The Balaban J connectivity index is 1.42. The molecule has 1 aliphatic carbocycles. The van der Waals surface area contributed by atoms with Gasteiger partial charge in [0, 0.05) is 43.8 Å². The van der Waals surface area contributed by atoms with Gasteiger partial charge in [0.05, 0.1) is 6.54 Å². The van der Waals surface area contributed by atoms with Gasteiger partial charge >= 0.3 is 0 Å². The van der Waals surface area contributed by atoms with Crippen LogP contribution in [-0.4, -0.2) is 50.6 Å². The molecule has 2 aromatic rings. The zero-order valence-electron chi connectivity index (χ0n) is 15.8. The topological polar surface area (TPSA) is 93.2 Å². The van der Waals surface area contributed by atoms with E-state index >= 15 is 0 Å². The number of nitrogens with zero attached hydrogens (tertiary/aromatic N) is 6. The number of anilines is 2. The minimum Gasteiger partial charge on any atom is -0.384 e. The van der Waals surface area contributed by atoms with Gasteiger partial charge in [0.25, 0.3) is 5.56 Å². The van der Waals surface area contributed by atoms with Crippen molar-refractivity contribution in [1.82, 2.24) is 24.4 Å². The molecule has 4 rings (SSSR count). The van der Waals surface area contributed by atoms with Gasteiger partial charge in [0.1, 0.15) is 11.6 Å². The van der Waals surface area contributed by atoms with Crippen molar-refractivity contribution in [2.75, 3.05) is 30.8 Å². The van der Waals surface area contributed by atoms with Gasteiger partial charge in [-0.2, -0.15) is 0 Å². The van der Waals surface area contributed by atoms with Crippen molar-refractivity contribution in [3.63, 3.8) is 0 Å². The van der Waals surface area contributed by atoms with E-state index in [0.717, 1.165) is 51.0 Å². The third-order valence-electron chi connectivity index (χ3n) is 5.53. The van der Waals surface area contributed by atoms with Gasteiger partial charge in [-0.25, -0.2) is 15.0 Å². The van der Waals surface area contributed by atoms with Crippen LogP contribution in [0.5, 0.6) is 0 Å². The first-order valence-corrected chi connectivity index (χ1v) is 9.71. The van der Waals surface area contributed by atoms with E-state index in [2.05, 4.69) is 31.8 Å². The van der Waals surface area contributed by atoms with Crippen molar-refractivity contribution in [1.29, 1.82) is 0 Å². The van der Waals surface area contributed by atoms with Crippen molar-refractivity contribution < 1.29 is 0 Å². The molecule has 2 fully saturated rings. The molecule has 8 nitrogen and oxygen atoms in total. The first-order chi connectivity index (χ1) is 13.1. The normalized spacial score (nSPS) is 20.7. The Hall–Kier alpha value is -2.48. The van der Waals surface area contributed by atoms with Gasteiger partial charge in [0.2, 0.25) is 0 Å². The molecule has 1 saturated heterocycles. The number of nitrogen functional groups attached to an aromatic ring is 1. The van der Waals surface area contributed by atoms with Crippen LogP contribution in [0.15, 0.2) is 29.5 Å². The maximum atomic E-state index is 12.8. The average Bonchev–Trinajstić information content (AvgIpc) is 3.49. The Morgan fingerprint density at radius 1 is 1.19 bits per heavy atom. The highest BCUT2D eigenvalue weighted by Crippen LogP contribution is 2.33. The zero-order valence-corrected chi connectivity index (χ0v) is 15.8. The molecule has 2 aromatic heterocycles. The minimum atomic E-state index is 0.0555. The van der Waals surface area contributed by atoms with E-state index in [4.69, 9.17) is 5.73 Å². The number of aromatic nitrogens is 4. The quantitative estimate of drug-likeness (QED) is 0.852. The number of hydrogen-bond acceptors (Lipinski definition) is 7. The van der Waals surface area contributed by atoms with E-state index in [9.17, 15) is 4.79 Å². The molecule has 144 valence electrons. The standard InChI is InChI=1S/C19H27N7O/c1-24(13-17-21-8-6-16(20)23-17)14-3-2-10-25(11-7-14)18-19(27)26(12-9-22-18)15-4-5-15/h6,8-9,12,14-15H,2-5,7,10-11,13H2,1H3,(H2,20,21,23)/t14-/m0/s1. The largest absolute Gasteiger partial charge is 0.384 e. The molecule has 3 heterocycles. The molecule has 0 spiro atoms. The second kappa shape index (κ2) is 7.64. The highest BCUT2D eigenvalue weighted by molar-refractivity contribution is 5.36. The van der Waals surface area contributed by atoms with Crippen molar-refractivity contribution in [3.8, 4) is 0 Å². The van der Waals surface area contributed by atoms with Crippen LogP contribution >= 0.6 is 0 Å². The molecule has 8 heteroatoms. The highest BCUT2D eigenvalue weighted by atomic mass is 16.1. The minimum absolute atomic E-state index is 0.0555. The van der Waals surface area contributed by atoms with Crippen LogP contribution in [0.2, 0.25) is 0 Å². The fourth-order valence-electron chi connectivity index (χ4n) is 3.85. The maximum absolute atomic E-state index is 12.8. The lowest BCUT2D eigenvalue weighted by atomic mass is 10.1. The molecule has 0 bridgehead atoms. The molecule has 1 aliphatic heterocycles. The highest BCUT2D eigenvalue weighted by Gasteiger charge is 2.27. The van der Waals surface area contributed by atoms with Crippen LogP contribution in [-0.2, 0) is 6.54 Å². The smallest absolute Gasteiger partial charge is 0.293 e. The van der Waals surface area contributed by atoms with Gasteiger partial charge in [-0.3, -0.25) is 9.69 Å². The molecule has 1 saturated carbocycles. The summed E-state index contributed by atoms with van der Waals surface area (Å²) >= 11 is 0. The fourth-order valence-corrected chi connectivity index (χ4v) is 3.85.